The number of halogens is 1. The SMILES string of the molecule is COc1cccc2c1OCC(C(=O)NC(C)(CN)C(C)C)=C2.Cl. The zero-order valence-corrected chi connectivity index (χ0v) is 14.8. The lowest BCUT2D eigenvalue weighted by atomic mass is 9.88. The molecule has 1 atom stereocenters. The molecule has 3 N–H and O–H groups in total. The van der Waals surface area contributed by atoms with E-state index in [0.717, 1.165) is 5.56 Å². The maximum Gasteiger partial charge on any atom is 0.251 e. The van der Waals surface area contributed by atoms with Crippen LogP contribution in [0.15, 0.2) is 23.8 Å². The summed E-state index contributed by atoms with van der Waals surface area (Å²) in [5, 5.41) is 3.03. The van der Waals surface area contributed by atoms with Gasteiger partial charge in [0.1, 0.15) is 6.61 Å². The molecule has 6 heteroatoms. The van der Waals surface area contributed by atoms with Gasteiger partial charge < -0.3 is 20.5 Å². The van der Waals surface area contributed by atoms with Crippen molar-refractivity contribution in [3.8, 4) is 11.5 Å². The number of methoxy groups -OCH3 is 1. The number of para-hydroxylation sites is 1. The Labute approximate surface area is 143 Å². The predicted molar refractivity (Wildman–Crippen MR) is 94.2 cm³/mol. The molecule has 0 bridgehead atoms. The first-order valence-electron chi connectivity index (χ1n) is 7.44. The lowest BCUT2D eigenvalue weighted by Crippen LogP contribution is -2.55. The molecule has 1 aliphatic heterocycles. The van der Waals surface area contributed by atoms with Crippen LogP contribution in [0.4, 0.5) is 0 Å². The van der Waals surface area contributed by atoms with Crippen molar-refractivity contribution in [2.45, 2.75) is 26.3 Å². The number of benzene rings is 1. The van der Waals surface area contributed by atoms with Gasteiger partial charge in [0.2, 0.25) is 0 Å². The predicted octanol–water partition coefficient (Wildman–Crippen LogP) is 2.38. The normalized spacial score (nSPS) is 15.5. The molecule has 5 nitrogen and oxygen atoms in total. The fraction of sp³-hybridized carbons (Fsp3) is 0.471. The summed E-state index contributed by atoms with van der Waals surface area (Å²) in [4.78, 5) is 12.5. The Morgan fingerprint density at radius 2 is 2.17 bits per heavy atom. The molecule has 1 unspecified atom stereocenters. The van der Waals surface area contributed by atoms with E-state index < -0.39 is 5.54 Å². The Bertz CT molecular complexity index is 602. The first kappa shape index (κ1) is 19.3. The number of hydrogen-bond donors (Lipinski definition) is 2. The Morgan fingerprint density at radius 3 is 2.74 bits per heavy atom. The number of carbonyl (C=O) groups is 1. The molecular formula is C17H25ClN2O3. The van der Waals surface area contributed by atoms with E-state index >= 15 is 0 Å². The van der Waals surface area contributed by atoms with Gasteiger partial charge in [0.15, 0.2) is 11.5 Å². The lowest BCUT2D eigenvalue weighted by Gasteiger charge is -2.34. The Hall–Kier alpha value is -1.72. The Kier molecular flexibility index (Phi) is 6.47. The number of fused-ring (bicyclic) bond motifs is 1. The molecule has 128 valence electrons. The summed E-state index contributed by atoms with van der Waals surface area (Å²) in [6, 6.07) is 5.60. The second kappa shape index (κ2) is 7.70. The quantitative estimate of drug-likeness (QED) is 0.863. The third-order valence-corrected chi connectivity index (χ3v) is 4.32. The molecule has 1 aromatic rings. The fourth-order valence-corrected chi connectivity index (χ4v) is 2.24. The van der Waals surface area contributed by atoms with Gasteiger partial charge in [-0.2, -0.15) is 0 Å². The first-order valence-corrected chi connectivity index (χ1v) is 7.44. The molecule has 0 fully saturated rings. The minimum Gasteiger partial charge on any atom is -0.493 e. The first-order chi connectivity index (χ1) is 10.4. The van der Waals surface area contributed by atoms with Crippen molar-refractivity contribution >= 4 is 24.4 Å². The summed E-state index contributed by atoms with van der Waals surface area (Å²) in [6.45, 7) is 6.64. The molecular weight excluding hydrogens is 316 g/mol. The summed E-state index contributed by atoms with van der Waals surface area (Å²) < 4.78 is 11.0. The van der Waals surface area contributed by atoms with Crippen molar-refractivity contribution < 1.29 is 14.3 Å². The van der Waals surface area contributed by atoms with Crippen LogP contribution in [-0.2, 0) is 4.79 Å². The van der Waals surface area contributed by atoms with Crippen LogP contribution in [-0.4, -0.2) is 31.7 Å². The zero-order chi connectivity index (χ0) is 16.3. The van der Waals surface area contributed by atoms with E-state index in [0.29, 0.717) is 23.6 Å². The van der Waals surface area contributed by atoms with E-state index in [1.54, 1.807) is 7.11 Å². The van der Waals surface area contributed by atoms with Crippen LogP contribution in [0.25, 0.3) is 6.08 Å². The molecule has 0 radical (unpaired) electrons. The van der Waals surface area contributed by atoms with Crippen molar-refractivity contribution in [3.05, 3.63) is 29.3 Å². The van der Waals surface area contributed by atoms with Gasteiger partial charge in [-0.1, -0.05) is 26.0 Å². The Balaban J connectivity index is 0.00000264. The summed E-state index contributed by atoms with van der Waals surface area (Å²) in [5.41, 5.74) is 6.81. The second-order valence-corrected chi connectivity index (χ2v) is 6.07. The van der Waals surface area contributed by atoms with Crippen LogP contribution in [0, 0.1) is 5.92 Å². The number of carbonyl (C=O) groups excluding carboxylic acids is 1. The summed E-state index contributed by atoms with van der Waals surface area (Å²) in [6.07, 6.45) is 1.84. The van der Waals surface area contributed by atoms with E-state index in [4.69, 9.17) is 15.2 Å². The summed E-state index contributed by atoms with van der Waals surface area (Å²) in [7, 11) is 1.60. The summed E-state index contributed by atoms with van der Waals surface area (Å²) >= 11 is 0. The highest BCUT2D eigenvalue weighted by atomic mass is 35.5. The van der Waals surface area contributed by atoms with E-state index in [2.05, 4.69) is 5.32 Å². The molecule has 0 aliphatic carbocycles. The molecule has 0 aromatic heterocycles. The van der Waals surface area contributed by atoms with Crippen molar-refractivity contribution in [3.63, 3.8) is 0 Å². The largest absolute Gasteiger partial charge is 0.493 e. The zero-order valence-electron chi connectivity index (χ0n) is 14.0. The van der Waals surface area contributed by atoms with Gasteiger partial charge in [-0.3, -0.25) is 4.79 Å². The van der Waals surface area contributed by atoms with Gasteiger partial charge in [0.05, 0.1) is 18.2 Å². The average Bonchev–Trinajstić information content (AvgIpc) is 2.53. The van der Waals surface area contributed by atoms with Gasteiger partial charge in [0.25, 0.3) is 5.91 Å². The van der Waals surface area contributed by atoms with Crippen molar-refractivity contribution in [2.24, 2.45) is 11.7 Å². The molecule has 0 spiro atoms. The van der Waals surface area contributed by atoms with E-state index in [9.17, 15) is 4.79 Å². The number of amides is 1. The van der Waals surface area contributed by atoms with Crippen LogP contribution in [0.1, 0.15) is 26.3 Å². The molecule has 1 heterocycles. The molecule has 0 saturated heterocycles. The van der Waals surface area contributed by atoms with Crippen molar-refractivity contribution in [2.75, 3.05) is 20.3 Å². The Morgan fingerprint density at radius 1 is 1.48 bits per heavy atom. The molecule has 2 rings (SSSR count). The van der Waals surface area contributed by atoms with Crippen molar-refractivity contribution in [1.29, 1.82) is 0 Å². The van der Waals surface area contributed by atoms with E-state index in [1.165, 1.54) is 0 Å². The smallest absolute Gasteiger partial charge is 0.251 e. The second-order valence-electron chi connectivity index (χ2n) is 6.07. The highest BCUT2D eigenvalue weighted by Crippen LogP contribution is 2.35. The molecule has 1 aliphatic rings. The van der Waals surface area contributed by atoms with Crippen molar-refractivity contribution in [1.82, 2.24) is 5.32 Å². The molecule has 1 amide bonds. The maximum absolute atomic E-state index is 12.5. The number of ether oxygens (including phenoxy) is 2. The molecule has 23 heavy (non-hydrogen) atoms. The third kappa shape index (κ3) is 3.98. The number of rotatable bonds is 5. The van der Waals surface area contributed by atoms with Gasteiger partial charge in [0, 0.05) is 12.1 Å². The van der Waals surface area contributed by atoms with Crippen LogP contribution in [0.5, 0.6) is 11.5 Å². The van der Waals surface area contributed by atoms with Crippen LogP contribution < -0.4 is 20.5 Å². The van der Waals surface area contributed by atoms with Crippen LogP contribution >= 0.6 is 12.4 Å². The standard InChI is InChI=1S/C17H24N2O3.ClH/c1-11(2)17(3,10-18)19-16(20)13-8-12-6-5-7-14(21-4)15(12)22-9-13;/h5-8,11H,9-10,18H2,1-4H3,(H,19,20);1H. The van der Waals surface area contributed by atoms with E-state index in [-0.39, 0.29) is 30.8 Å². The van der Waals surface area contributed by atoms with Crippen LogP contribution in [0.2, 0.25) is 0 Å². The van der Waals surface area contributed by atoms with Gasteiger partial charge >= 0.3 is 0 Å². The highest BCUT2D eigenvalue weighted by Gasteiger charge is 2.30. The molecule has 1 aromatic carbocycles. The van der Waals surface area contributed by atoms with Crippen LogP contribution in [0.3, 0.4) is 0 Å². The average molecular weight is 341 g/mol. The number of hydrogen-bond acceptors (Lipinski definition) is 4. The third-order valence-electron chi connectivity index (χ3n) is 4.32. The summed E-state index contributed by atoms with van der Waals surface area (Å²) in [5.74, 6) is 1.43. The van der Waals surface area contributed by atoms with Gasteiger partial charge in [-0.25, -0.2) is 0 Å². The highest BCUT2D eigenvalue weighted by molar-refractivity contribution is 5.99. The maximum atomic E-state index is 12.5. The minimum atomic E-state index is -0.438. The minimum absolute atomic E-state index is 0. The topological polar surface area (TPSA) is 73.6 Å². The fourth-order valence-electron chi connectivity index (χ4n) is 2.24. The molecule has 0 saturated carbocycles. The lowest BCUT2D eigenvalue weighted by molar-refractivity contribution is -0.119. The van der Waals surface area contributed by atoms with Gasteiger partial charge in [-0.15, -0.1) is 12.4 Å². The van der Waals surface area contributed by atoms with E-state index in [1.807, 2.05) is 45.0 Å². The monoisotopic (exact) mass is 340 g/mol. The van der Waals surface area contributed by atoms with Gasteiger partial charge in [-0.05, 0) is 25.0 Å². The number of nitrogens with one attached hydrogen (secondary N) is 1. The number of nitrogens with two attached hydrogens (primary N) is 1.